The van der Waals surface area contributed by atoms with Gasteiger partial charge >= 0.3 is 10.4 Å². The zero-order valence-electron chi connectivity index (χ0n) is 6.89. The van der Waals surface area contributed by atoms with E-state index < -0.39 is 10.4 Å². The molecular formula is C8H5Cl2N3O. The number of benzene rings is 1. The van der Waals surface area contributed by atoms with E-state index in [0.29, 0.717) is 5.69 Å². The molecule has 72 valence electrons. The van der Waals surface area contributed by atoms with Gasteiger partial charge in [0, 0.05) is 0 Å². The summed E-state index contributed by atoms with van der Waals surface area (Å²) in [4.78, 5) is 11.5. The monoisotopic (exact) mass is 229 g/mol. The van der Waals surface area contributed by atoms with E-state index in [4.69, 9.17) is 23.2 Å². The normalized spacial score (nSPS) is 19.0. The Balaban J connectivity index is 2.33. The van der Waals surface area contributed by atoms with Crippen molar-refractivity contribution in [2.24, 2.45) is 10.3 Å². The van der Waals surface area contributed by atoms with Gasteiger partial charge in [0.25, 0.3) is 0 Å². The first-order chi connectivity index (χ1) is 6.61. The number of carbonyl (C=O) groups is 1. The van der Waals surface area contributed by atoms with Crippen LogP contribution < -0.4 is 5.01 Å². The molecule has 0 aromatic heterocycles. The SMILES string of the molecule is O=C1N(c2ccccc2)N=NC1(Cl)Cl. The van der Waals surface area contributed by atoms with Crippen LogP contribution in [0.1, 0.15) is 0 Å². The Labute approximate surface area is 90.1 Å². The molecule has 1 aliphatic heterocycles. The highest BCUT2D eigenvalue weighted by Crippen LogP contribution is 2.34. The summed E-state index contributed by atoms with van der Waals surface area (Å²) in [6, 6.07) is 8.81. The molecule has 1 aliphatic rings. The Morgan fingerprint density at radius 2 is 1.86 bits per heavy atom. The van der Waals surface area contributed by atoms with E-state index in [1.54, 1.807) is 24.3 Å². The molecule has 1 heterocycles. The van der Waals surface area contributed by atoms with Crippen molar-refractivity contribution >= 4 is 34.8 Å². The third kappa shape index (κ3) is 1.47. The average molecular weight is 230 g/mol. The molecule has 0 saturated heterocycles. The highest BCUT2D eigenvalue weighted by atomic mass is 35.5. The molecule has 0 unspecified atom stereocenters. The van der Waals surface area contributed by atoms with Gasteiger partial charge in [-0.15, -0.1) is 5.11 Å². The molecule has 0 aliphatic carbocycles. The lowest BCUT2D eigenvalue weighted by Gasteiger charge is -2.11. The second kappa shape index (κ2) is 3.22. The van der Waals surface area contributed by atoms with Crippen molar-refractivity contribution < 1.29 is 4.79 Å². The van der Waals surface area contributed by atoms with Crippen LogP contribution in [0.2, 0.25) is 0 Å². The summed E-state index contributed by atoms with van der Waals surface area (Å²) < 4.78 is -1.78. The lowest BCUT2D eigenvalue weighted by atomic mass is 10.3. The first-order valence-corrected chi connectivity index (χ1v) is 4.57. The Morgan fingerprint density at radius 1 is 1.21 bits per heavy atom. The molecule has 0 atom stereocenters. The van der Waals surface area contributed by atoms with Crippen LogP contribution in [0.5, 0.6) is 0 Å². The molecule has 6 heteroatoms. The van der Waals surface area contributed by atoms with E-state index in [9.17, 15) is 4.79 Å². The smallest absolute Gasteiger partial charge is 0.267 e. The topological polar surface area (TPSA) is 45.0 Å². The Hall–Kier alpha value is -1.13. The number of amides is 1. The van der Waals surface area contributed by atoms with Crippen molar-refractivity contribution in [3.8, 4) is 0 Å². The third-order valence-corrected chi connectivity index (χ3v) is 2.18. The highest BCUT2D eigenvalue weighted by Gasteiger charge is 2.44. The quantitative estimate of drug-likeness (QED) is 0.540. The fourth-order valence-corrected chi connectivity index (χ4v) is 1.28. The van der Waals surface area contributed by atoms with Gasteiger partial charge in [-0.2, -0.15) is 5.01 Å². The summed E-state index contributed by atoms with van der Waals surface area (Å²) in [5, 5.41) is 8.09. The van der Waals surface area contributed by atoms with Crippen LogP contribution in [-0.4, -0.2) is 10.4 Å². The maximum Gasteiger partial charge on any atom is 0.310 e. The number of hydrogen-bond donors (Lipinski definition) is 0. The van der Waals surface area contributed by atoms with Crippen molar-refractivity contribution in [3.63, 3.8) is 0 Å². The van der Waals surface area contributed by atoms with Gasteiger partial charge in [-0.25, -0.2) is 0 Å². The van der Waals surface area contributed by atoms with Crippen LogP contribution in [0.15, 0.2) is 40.7 Å². The lowest BCUT2D eigenvalue weighted by molar-refractivity contribution is -0.118. The summed E-state index contributed by atoms with van der Waals surface area (Å²) >= 11 is 11.2. The summed E-state index contributed by atoms with van der Waals surface area (Å²) in [6.07, 6.45) is 0. The van der Waals surface area contributed by atoms with Crippen LogP contribution >= 0.6 is 23.2 Å². The zero-order chi connectivity index (χ0) is 10.2. The van der Waals surface area contributed by atoms with Gasteiger partial charge in [0.2, 0.25) is 0 Å². The summed E-state index contributed by atoms with van der Waals surface area (Å²) in [5.41, 5.74) is 0.587. The number of carbonyl (C=O) groups excluding carboxylic acids is 1. The van der Waals surface area contributed by atoms with E-state index in [2.05, 4.69) is 10.3 Å². The van der Waals surface area contributed by atoms with Gasteiger partial charge in [-0.3, -0.25) is 4.79 Å². The predicted molar refractivity (Wildman–Crippen MR) is 53.2 cm³/mol. The van der Waals surface area contributed by atoms with E-state index >= 15 is 0 Å². The van der Waals surface area contributed by atoms with Crippen LogP contribution in [0, 0.1) is 0 Å². The van der Waals surface area contributed by atoms with Crippen LogP contribution in [0.4, 0.5) is 5.69 Å². The fraction of sp³-hybridized carbons (Fsp3) is 0.125. The van der Waals surface area contributed by atoms with Crippen molar-refractivity contribution in [2.45, 2.75) is 4.46 Å². The number of alkyl halides is 2. The summed E-state index contributed by atoms with van der Waals surface area (Å²) in [7, 11) is 0. The minimum atomic E-state index is -1.78. The lowest BCUT2D eigenvalue weighted by Crippen LogP contribution is -2.31. The molecule has 0 fully saturated rings. The highest BCUT2D eigenvalue weighted by molar-refractivity contribution is 6.59. The molecular weight excluding hydrogens is 225 g/mol. The molecule has 0 N–H and O–H groups in total. The van der Waals surface area contributed by atoms with Gasteiger partial charge in [0.05, 0.1) is 5.69 Å². The molecule has 1 amide bonds. The van der Waals surface area contributed by atoms with E-state index in [1.807, 2.05) is 6.07 Å². The first-order valence-electron chi connectivity index (χ1n) is 3.81. The second-order valence-electron chi connectivity index (χ2n) is 2.68. The molecule has 1 aromatic carbocycles. The number of anilines is 1. The minimum absolute atomic E-state index is 0.563. The summed E-state index contributed by atoms with van der Waals surface area (Å²) in [6.45, 7) is 0. The van der Waals surface area contributed by atoms with E-state index in [-0.39, 0.29) is 0 Å². The minimum Gasteiger partial charge on any atom is -0.267 e. The van der Waals surface area contributed by atoms with Gasteiger partial charge in [0.15, 0.2) is 0 Å². The number of rotatable bonds is 1. The maximum absolute atomic E-state index is 11.5. The molecule has 0 saturated carbocycles. The average Bonchev–Trinajstić information content (AvgIpc) is 2.44. The molecule has 2 rings (SSSR count). The van der Waals surface area contributed by atoms with Crippen LogP contribution in [-0.2, 0) is 4.79 Å². The van der Waals surface area contributed by atoms with Crippen LogP contribution in [0.25, 0.3) is 0 Å². The van der Waals surface area contributed by atoms with Crippen molar-refractivity contribution in [1.29, 1.82) is 0 Å². The Bertz CT molecular complexity index is 391. The van der Waals surface area contributed by atoms with Gasteiger partial charge in [-0.1, -0.05) is 46.6 Å². The molecule has 0 spiro atoms. The third-order valence-electron chi connectivity index (χ3n) is 1.71. The second-order valence-corrected chi connectivity index (χ2v) is 3.97. The van der Waals surface area contributed by atoms with E-state index in [1.165, 1.54) is 0 Å². The molecule has 1 aromatic rings. The largest absolute Gasteiger partial charge is 0.310 e. The van der Waals surface area contributed by atoms with E-state index in [0.717, 1.165) is 5.01 Å². The Kier molecular flexibility index (Phi) is 2.17. The molecule has 4 nitrogen and oxygen atoms in total. The summed E-state index contributed by atoms with van der Waals surface area (Å²) in [5.74, 6) is -0.563. The fourth-order valence-electron chi connectivity index (χ4n) is 1.05. The van der Waals surface area contributed by atoms with Gasteiger partial charge < -0.3 is 0 Å². The predicted octanol–water partition coefficient (Wildman–Crippen LogP) is 2.53. The number of para-hydroxylation sites is 1. The first kappa shape index (κ1) is 9.43. The van der Waals surface area contributed by atoms with Gasteiger partial charge in [-0.05, 0) is 12.1 Å². The molecule has 0 bridgehead atoms. The number of nitrogens with zero attached hydrogens (tertiary/aromatic N) is 3. The maximum atomic E-state index is 11.5. The zero-order valence-corrected chi connectivity index (χ0v) is 8.40. The van der Waals surface area contributed by atoms with Crippen molar-refractivity contribution in [3.05, 3.63) is 30.3 Å². The number of hydrogen-bond acceptors (Lipinski definition) is 3. The van der Waals surface area contributed by atoms with Crippen molar-refractivity contribution in [1.82, 2.24) is 0 Å². The van der Waals surface area contributed by atoms with Gasteiger partial charge in [0.1, 0.15) is 0 Å². The van der Waals surface area contributed by atoms with Crippen molar-refractivity contribution in [2.75, 3.05) is 5.01 Å². The Morgan fingerprint density at radius 3 is 2.36 bits per heavy atom. The standard InChI is InChI=1S/C8H5Cl2N3O/c9-8(10)7(14)13(12-11-8)6-4-2-1-3-5-6/h1-5H. The van der Waals surface area contributed by atoms with Crippen LogP contribution in [0.3, 0.4) is 0 Å². The number of halogens is 2. The molecule has 0 radical (unpaired) electrons. The molecule has 14 heavy (non-hydrogen) atoms.